The molecule has 1 aromatic heterocycles. The van der Waals surface area contributed by atoms with Gasteiger partial charge in [0.15, 0.2) is 4.34 Å². The van der Waals surface area contributed by atoms with Gasteiger partial charge in [-0.1, -0.05) is 11.8 Å². The fourth-order valence-corrected chi connectivity index (χ4v) is 3.17. The van der Waals surface area contributed by atoms with Crippen molar-refractivity contribution in [1.29, 1.82) is 0 Å². The van der Waals surface area contributed by atoms with Gasteiger partial charge in [-0.15, -0.1) is 0 Å². The molecule has 7 heteroatoms. The summed E-state index contributed by atoms with van der Waals surface area (Å²) in [6, 6.07) is 2.21. The molecule has 0 unspecified atom stereocenters. The summed E-state index contributed by atoms with van der Waals surface area (Å²) in [5, 5.41) is 0. The maximum atomic E-state index is 13.6. The summed E-state index contributed by atoms with van der Waals surface area (Å²) in [7, 11) is 0. The molecule has 0 bridgehead atoms. The van der Waals surface area contributed by atoms with Crippen LogP contribution in [-0.4, -0.2) is 9.36 Å². The highest BCUT2D eigenvalue weighted by atomic mass is 32.2. The van der Waals surface area contributed by atoms with E-state index in [0.717, 1.165) is 42.6 Å². The van der Waals surface area contributed by atoms with Crippen LogP contribution in [0.5, 0.6) is 0 Å². The Morgan fingerprint density at radius 1 is 1.28 bits per heavy atom. The number of nitrogens with two attached hydrogens (primary N) is 1. The molecule has 0 saturated heterocycles. The number of anilines is 1. The van der Waals surface area contributed by atoms with Crippen molar-refractivity contribution in [2.75, 3.05) is 5.73 Å². The zero-order valence-corrected chi connectivity index (χ0v) is 10.8. The topological polar surface area (TPSA) is 51.8 Å². The van der Waals surface area contributed by atoms with Crippen molar-refractivity contribution in [3.8, 4) is 0 Å². The highest BCUT2D eigenvalue weighted by Crippen LogP contribution is 2.41. The second kappa shape index (κ2) is 4.47. The van der Waals surface area contributed by atoms with Crippen molar-refractivity contribution in [3.05, 3.63) is 29.6 Å². The summed E-state index contributed by atoms with van der Waals surface area (Å²) < 4.78 is 31.9. The van der Waals surface area contributed by atoms with Crippen LogP contribution in [0.3, 0.4) is 0 Å². The van der Waals surface area contributed by atoms with Crippen LogP contribution in [0.25, 0.3) is 0 Å². The third kappa shape index (κ3) is 2.32. The molecule has 0 aliphatic heterocycles. The molecular weight excluding hydrogens is 276 g/mol. The maximum absolute atomic E-state index is 13.6. The third-order valence-corrected chi connectivity index (χ3v) is 4.44. The molecule has 1 saturated carbocycles. The molecule has 18 heavy (non-hydrogen) atoms. The van der Waals surface area contributed by atoms with E-state index in [0.29, 0.717) is 10.3 Å². The van der Waals surface area contributed by atoms with E-state index in [1.807, 2.05) is 0 Å². The first-order valence-electron chi connectivity index (χ1n) is 5.39. The lowest BCUT2D eigenvalue weighted by molar-refractivity contribution is 0.542. The summed E-state index contributed by atoms with van der Waals surface area (Å²) in [6.07, 6.45) is 2.21. The minimum absolute atomic E-state index is 0.0743. The Hall–Kier alpha value is -1.21. The van der Waals surface area contributed by atoms with Crippen molar-refractivity contribution >= 4 is 29.0 Å². The third-order valence-electron chi connectivity index (χ3n) is 2.58. The number of nitrogens with zero attached hydrogens (tertiary/aromatic N) is 2. The molecule has 1 aliphatic rings. The number of halogens is 2. The van der Waals surface area contributed by atoms with Gasteiger partial charge in [0.2, 0.25) is 0 Å². The summed E-state index contributed by atoms with van der Waals surface area (Å²) in [5.41, 5.74) is 5.43. The van der Waals surface area contributed by atoms with Crippen LogP contribution in [0.15, 0.2) is 21.4 Å². The first-order chi connectivity index (χ1) is 8.63. The molecular formula is C11H9F2N3S2. The highest BCUT2D eigenvalue weighted by Gasteiger charge is 2.28. The summed E-state index contributed by atoms with van der Waals surface area (Å²) >= 11 is 2.13. The van der Waals surface area contributed by atoms with Gasteiger partial charge < -0.3 is 5.73 Å². The molecule has 3 nitrogen and oxygen atoms in total. The van der Waals surface area contributed by atoms with Gasteiger partial charge in [-0.2, -0.15) is 4.37 Å². The number of aromatic nitrogens is 2. The van der Waals surface area contributed by atoms with Crippen molar-refractivity contribution in [3.63, 3.8) is 0 Å². The standard InChI is InChI=1S/C11H9F2N3S2/c12-7-3-6(14)4-8(13)9(7)17-11-15-10(16-18-11)5-1-2-5/h3-5H,1-2,14H2. The van der Waals surface area contributed by atoms with Crippen LogP contribution in [0, 0.1) is 11.6 Å². The average molecular weight is 285 g/mol. The maximum Gasteiger partial charge on any atom is 0.175 e. The summed E-state index contributed by atoms with van der Waals surface area (Å²) in [5.74, 6) is -0.100. The van der Waals surface area contributed by atoms with Crippen molar-refractivity contribution in [2.24, 2.45) is 0 Å². The largest absolute Gasteiger partial charge is 0.399 e. The second-order valence-electron chi connectivity index (χ2n) is 4.11. The van der Waals surface area contributed by atoms with Crippen LogP contribution in [0.2, 0.25) is 0 Å². The van der Waals surface area contributed by atoms with Crippen molar-refractivity contribution in [2.45, 2.75) is 28.0 Å². The minimum Gasteiger partial charge on any atom is -0.399 e. The van der Waals surface area contributed by atoms with Crippen LogP contribution in [-0.2, 0) is 0 Å². The number of nitrogen functional groups attached to an aromatic ring is 1. The van der Waals surface area contributed by atoms with E-state index in [1.165, 1.54) is 11.5 Å². The molecule has 2 aromatic rings. The van der Waals surface area contributed by atoms with Crippen LogP contribution in [0.4, 0.5) is 14.5 Å². The van der Waals surface area contributed by atoms with Crippen LogP contribution >= 0.6 is 23.3 Å². The van der Waals surface area contributed by atoms with Gasteiger partial charge >= 0.3 is 0 Å². The van der Waals surface area contributed by atoms with Crippen LogP contribution in [0.1, 0.15) is 24.6 Å². The zero-order valence-electron chi connectivity index (χ0n) is 9.19. The fraction of sp³-hybridized carbons (Fsp3) is 0.273. The quantitative estimate of drug-likeness (QED) is 0.878. The number of hydrogen-bond donors (Lipinski definition) is 1. The summed E-state index contributed by atoms with van der Waals surface area (Å²) in [6.45, 7) is 0. The Kier molecular flexibility index (Phi) is 2.95. The smallest absolute Gasteiger partial charge is 0.175 e. The Morgan fingerprint density at radius 3 is 2.56 bits per heavy atom. The number of benzene rings is 1. The molecule has 1 aromatic carbocycles. The summed E-state index contributed by atoms with van der Waals surface area (Å²) in [4.78, 5) is 4.20. The van der Waals surface area contributed by atoms with Gasteiger partial charge in [0, 0.05) is 11.6 Å². The van der Waals surface area contributed by atoms with Crippen LogP contribution < -0.4 is 5.73 Å². The van der Waals surface area contributed by atoms with E-state index in [1.54, 1.807) is 0 Å². The van der Waals surface area contributed by atoms with E-state index >= 15 is 0 Å². The highest BCUT2D eigenvalue weighted by molar-refractivity contribution is 8.01. The van der Waals surface area contributed by atoms with Gasteiger partial charge in [-0.05, 0) is 36.5 Å². The van der Waals surface area contributed by atoms with E-state index < -0.39 is 11.6 Å². The Bertz CT molecular complexity index is 573. The molecule has 2 N–H and O–H groups in total. The molecule has 0 amide bonds. The first kappa shape index (κ1) is 11.9. The molecule has 94 valence electrons. The Labute approximate surface area is 111 Å². The average Bonchev–Trinajstić information content (AvgIpc) is 3.04. The molecule has 1 aliphatic carbocycles. The van der Waals surface area contributed by atoms with Gasteiger partial charge in [-0.3, -0.25) is 0 Å². The van der Waals surface area contributed by atoms with Gasteiger partial charge in [0.25, 0.3) is 0 Å². The zero-order chi connectivity index (χ0) is 12.7. The molecule has 1 heterocycles. The normalized spacial score (nSPS) is 15.0. The molecule has 0 radical (unpaired) electrons. The first-order valence-corrected chi connectivity index (χ1v) is 6.98. The lowest BCUT2D eigenvalue weighted by Gasteiger charge is -2.03. The lowest BCUT2D eigenvalue weighted by Crippen LogP contribution is -1.93. The van der Waals surface area contributed by atoms with Crippen molar-refractivity contribution < 1.29 is 8.78 Å². The van der Waals surface area contributed by atoms with Crippen molar-refractivity contribution in [1.82, 2.24) is 9.36 Å². The molecule has 1 fully saturated rings. The fourth-order valence-electron chi connectivity index (χ4n) is 1.53. The Balaban J connectivity index is 1.86. The molecule has 0 atom stereocenters. The Morgan fingerprint density at radius 2 is 1.94 bits per heavy atom. The van der Waals surface area contributed by atoms with Gasteiger partial charge in [0.1, 0.15) is 17.5 Å². The number of rotatable bonds is 3. The predicted molar refractivity (Wildman–Crippen MR) is 66.8 cm³/mol. The van der Waals surface area contributed by atoms with E-state index in [2.05, 4.69) is 9.36 Å². The number of hydrogen-bond acceptors (Lipinski definition) is 5. The van der Waals surface area contributed by atoms with E-state index in [-0.39, 0.29) is 10.6 Å². The van der Waals surface area contributed by atoms with E-state index in [4.69, 9.17) is 5.73 Å². The van der Waals surface area contributed by atoms with Gasteiger partial charge in [0.05, 0.1) is 4.90 Å². The predicted octanol–water partition coefficient (Wildman–Crippen LogP) is 3.43. The monoisotopic (exact) mass is 285 g/mol. The van der Waals surface area contributed by atoms with E-state index in [9.17, 15) is 8.78 Å². The molecule has 3 rings (SSSR count). The molecule has 0 spiro atoms. The second-order valence-corrected chi connectivity index (χ2v) is 6.12. The SMILES string of the molecule is Nc1cc(F)c(Sc2nc(C3CC3)ns2)c(F)c1. The lowest BCUT2D eigenvalue weighted by atomic mass is 10.3. The minimum atomic E-state index is -0.666. The van der Waals surface area contributed by atoms with Gasteiger partial charge in [-0.25, -0.2) is 13.8 Å².